The number of amides is 3. The number of nitrogens with zero attached hydrogens (tertiary/aromatic N) is 2. The number of aliphatic hydroxyl groups excluding tert-OH is 1. The molecule has 38 heavy (non-hydrogen) atoms. The van der Waals surface area contributed by atoms with Crippen LogP contribution in [0.5, 0.6) is 0 Å². The van der Waals surface area contributed by atoms with Crippen LogP contribution in [0.15, 0.2) is 29.8 Å². The Bertz CT molecular complexity index is 1170. The van der Waals surface area contributed by atoms with Crippen LogP contribution in [0.25, 0.3) is 10.4 Å². The van der Waals surface area contributed by atoms with Gasteiger partial charge in [-0.15, -0.1) is 17.8 Å². The number of aryl methyl sites for hydroxylation is 1. The normalized spacial score (nSPS) is 18.1. The molecule has 0 aliphatic carbocycles. The fourth-order valence-corrected chi connectivity index (χ4v) is 5.12. The summed E-state index contributed by atoms with van der Waals surface area (Å²) in [6.07, 6.45) is 4.50. The van der Waals surface area contributed by atoms with Crippen LogP contribution in [-0.2, 0) is 25.7 Å². The maximum atomic E-state index is 13.6. The van der Waals surface area contributed by atoms with E-state index in [4.69, 9.17) is 11.2 Å². The molecule has 10 heteroatoms. The maximum Gasteiger partial charge on any atom is 0.246 e. The molecule has 0 radical (unpaired) electrons. The van der Waals surface area contributed by atoms with Crippen LogP contribution in [0, 0.1) is 24.7 Å². The summed E-state index contributed by atoms with van der Waals surface area (Å²) in [5.74, 6) is 1.23. The van der Waals surface area contributed by atoms with Crippen LogP contribution < -0.4 is 10.6 Å². The minimum absolute atomic E-state index is 0.0214. The van der Waals surface area contributed by atoms with Crippen molar-refractivity contribution in [3.8, 4) is 22.8 Å². The van der Waals surface area contributed by atoms with Crippen molar-refractivity contribution in [3.05, 3.63) is 41.0 Å². The van der Waals surface area contributed by atoms with E-state index in [-0.39, 0.29) is 51.0 Å². The second kappa shape index (κ2) is 13.0. The second-order valence-corrected chi connectivity index (χ2v) is 11.3. The summed E-state index contributed by atoms with van der Waals surface area (Å²) < 4.78 is 5.16. The van der Waals surface area contributed by atoms with E-state index in [2.05, 4.69) is 21.5 Å². The maximum absolute atomic E-state index is 13.6. The highest BCUT2D eigenvalue weighted by molar-refractivity contribution is 7.13. The minimum atomic E-state index is -0.883. The summed E-state index contributed by atoms with van der Waals surface area (Å²) in [6, 6.07) is 6.15. The van der Waals surface area contributed by atoms with Crippen molar-refractivity contribution in [2.24, 2.45) is 5.41 Å². The smallest absolute Gasteiger partial charge is 0.246 e. The number of carbonyl (C=O) groups is 3. The molecule has 204 valence electrons. The first-order valence-corrected chi connectivity index (χ1v) is 13.5. The molecule has 1 aromatic carbocycles. The van der Waals surface area contributed by atoms with Gasteiger partial charge in [0.2, 0.25) is 17.7 Å². The molecule has 0 bridgehead atoms. The number of nitrogens with one attached hydrogen (secondary N) is 2. The van der Waals surface area contributed by atoms with E-state index in [1.165, 1.54) is 4.90 Å². The number of hydrogen-bond acceptors (Lipinski definition) is 7. The lowest BCUT2D eigenvalue weighted by molar-refractivity contribution is -0.144. The Morgan fingerprint density at radius 2 is 2.00 bits per heavy atom. The second-order valence-electron chi connectivity index (χ2n) is 10.5. The summed E-state index contributed by atoms with van der Waals surface area (Å²) in [7, 11) is 0. The summed E-state index contributed by atoms with van der Waals surface area (Å²) >= 11 is 1.58. The number of hydrogen-bond donors (Lipinski definition) is 3. The van der Waals surface area contributed by atoms with Gasteiger partial charge in [-0.2, -0.15) is 0 Å². The van der Waals surface area contributed by atoms with E-state index >= 15 is 0 Å². The van der Waals surface area contributed by atoms with Crippen molar-refractivity contribution in [2.75, 3.05) is 19.8 Å². The number of aromatic nitrogens is 1. The number of terminal acetylenes is 1. The average Bonchev–Trinajstić information content (AvgIpc) is 3.48. The van der Waals surface area contributed by atoms with Crippen LogP contribution in [0.4, 0.5) is 0 Å². The van der Waals surface area contributed by atoms with Gasteiger partial charge in [0.05, 0.1) is 35.2 Å². The molecule has 0 saturated carbocycles. The SMILES string of the molecule is C#CCOCCC(=O)NC(C(=O)N1CC(O)CC1C(=O)NCc1ccc(-c2scnc2C)cc1)C(C)(C)C. The van der Waals surface area contributed by atoms with Gasteiger partial charge in [0.15, 0.2) is 0 Å². The monoisotopic (exact) mass is 540 g/mol. The zero-order valence-corrected chi connectivity index (χ0v) is 23.1. The Balaban J connectivity index is 1.63. The predicted molar refractivity (Wildman–Crippen MR) is 146 cm³/mol. The van der Waals surface area contributed by atoms with E-state index in [0.717, 1.165) is 21.7 Å². The third-order valence-electron chi connectivity index (χ3n) is 6.37. The summed E-state index contributed by atoms with van der Waals surface area (Å²) in [5, 5.41) is 16.0. The molecule has 3 atom stereocenters. The van der Waals surface area contributed by atoms with Gasteiger partial charge >= 0.3 is 0 Å². The fourth-order valence-electron chi connectivity index (χ4n) is 4.31. The van der Waals surface area contributed by atoms with Gasteiger partial charge < -0.3 is 25.4 Å². The molecule has 9 nitrogen and oxygen atoms in total. The molecule has 3 N–H and O–H groups in total. The first kappa shape index (κ1) is 29.3. The molecule has 3 amide bonds. The Morgan fingerprint density at radius 3 is 2.61 bits per heavy atom. The topological polar surface area (TPSA) is 121 Å². The van der Waals surface area contributed by atoms with Gasteiger partial charge in [-0.05, 0) is 23.5 Å². The number of aliphatic hydroxyl groups is 1. The molecule has 1 aromatic heterocycles. The third-order valence-corrected chi connectivity index (χ3v) is 7.35. The predicted octanol–water partition coefficient (Wildman–Crippen LogP) is 2.27. The highest BCUT2D eigenvalue weighted by Gasteiger charge is 2.44. The Labute approximate surface area is 228 Å². The van der Waals surface area contributed by atoms with E-state index in [0.29, 0.717) is 0 Å². The molecule has 1 saturated heterocycles. The zero-order chi connectivity index (χ0) is 27.9. The minimum Gasteiger partial charge on any atom is -0.391 e. The van der Waals surface area contributed by atoms with Crippen LogP contribution >= 0.6 is 11.3 Å². The van der Waals surface area contributed by atoms with Gasteiger partial charge in [-0.25, -0.2) is 4.98 Å². The lowest BCUT2D eigenvalue weighted by Gasteiger charge is -2.35. The third kappa shape index (κ3) is 7.63. The molecule has 1 aliphatic heterocycles. The number of rotatable bonds is 10. The molecule has 3 rings (SSSR count). The molecule has 3 unspecified atom stereocenters. The Kier molecular flexibility index (Phi) is 10.0. The standard InChI is InChI=1S/C28H36N4O5S/c1-6-12-37-13-11-23(34)31-25(28(3,4)5)27(36)32-16-21(33)14-22(32)26(35)29-15-19-7-9-20(10-8-19)24-18(2)30-17-38-24/h1,7-10,17,21-22,25,33H,11-16H2,2-5H3,(H,29,35)(H,31,34). The average molecular weight is 541 g/mol. The Hall–Kier alpha value is -3.26. The first-order valence-electron chi connectivity index (χ1n) is 12.6. The molecule has 2 heterocycles. The van der Waals surface area contributed by atoms with Gasteiger partial charge in [0.25, 0.3) is 0 Å². The van der Waals surface area contributed by atoms with Crippen molar-refractivity contribution < 1.29 is 24.2 Å². The molecule has 2 aromatic rings. The quantitative estimate of drug-likeness (QED) is 0.314. The van der Waals surface area contributed by atoms with E-state index in [9.17, 15) is 19.5 Å². The first-order chi connectivity index (χ1) is 18.0. The lowest BCUT2D eigenvalue weighted by atomic mass is 9.85. The molecular formula is C28H36N4O5S. The summed E-state index contributed by atoms with van der Waals surface area (Å²) in [5.41, 5.74) is 4.13. The molecule has 1 fully saturated rings. The highest BCUT2D eigenvalue weighted by atomic mass is 32.1. The van der Waals surface area contributed by atoms with Gasteiger partial charge in [-0.1, -0.05) is 51.0 Å². The lowest BCUT2D eigenvalue weighted by Crippen LogP contribution is -2.57. The van der Waals surface area contributed by atoms with Gasteiger partial charge in [-0.3, -0.25) is 14.4 Å². The largest absolute Gasteiger partial charge is 0.391 e. The van der Waals surface area contributed by atoms with Crippen molar-refractivity contribution in [3.63, 3.8) is 0 Å². The summed E-state index contributed by atoms with van der Waals surface area (Å²) in [6.45, 7) is 8.03. The molecule has 0 spiro atoms. The molecule has 1 aliphatic rings. The van der Waals surface area contributed by atoms with Crippen molar-refractivity contribution >= 4 is 29.1 Å². The van der Waals surface area contributed by atoms with Crippen molar-refractivity contribution in [2.45, 2.75) is 65.3 Å². The fraction of sp³-hybridized carbons (Fsp3) is 0.500. The zero-order valence-electron chi connectivity index (χ0n) is 22.3. The van der Waals surface area contributed by atoms with E-state index in [1.54, 1.807) is 11.3 Å². The van der Waals surface area contributed by atoms with Crippen LogP contribution in [-0.4, -0.2) is 70.7 Å². The van der Waals surface area contributed by atoms with Gasteiger partial charge in [0.1, 0.15) is 18.7 Å². The van der Waals surface area contributed by atoms with E-state index in [1.807, 2.05) is 57.5 Å². The Morgan fingerprint density at radius 1 is 1.29 bits per heavy atom. The van der Waals surface area contributed by atoms with Crippen LogP contribution in [0.1, 0.15) is 44.9 Å². The number of benzene rings is 1. The number of likely N-dealkylation sites (tertiary alicyclic amines) is 1. The van der Waals surface area contributed by atoms with Gasteiger partial charge in [0, 0.05) is 19.5 Å². The number of thiazole rings is 1. The van der Waals surface area contributed by atoms with Crippen molar-refractivity contribution in [1.82, 2.24) is 20.5 Å². The highest BCUT2D eigenvalue weighted by Crippen LogP contribution is 2.28. The number of carbonyl (C=O) groups excluding carboxylic acids is 3. The van der Waals surface area contributed by atoms with Crippen LogP contribution in [0.2, 0.25) is 0 Å². The molecular weight excluding hydrogens is 504 g/mol. The van der Waals surface area contributed by atoms with Crippen molar-refractivity contribution in [1.29, 1.82) is 0 Å². The summed E-state index contributed by atoms with van der Waals surface area (Å²) in [4.78, 5) is 46.0. The van der Waals surface area contributed by atoms with Crippen LogP contribution in [0.3, 0.4) is 0 Å². The number of β-amino-alcohol motifs (C(OH)–C–C–N with tert-alkyl or cyclic N) is 1. The van der Waals surface area contributed by atoms with E-state index < -0.39 is 29.5 Å². The number of ether oxygens (including phenoxy) is 1.